The summed E-state index contributed by atoms with van der Waals surface area (Å²) in [4.78, 5) is 7.41. The summed E-state index contributed by atoms with van der Waals surface area (Å²) >= 11 is 0. The van der Waals surface area contributed by atoms with Crippen LogP contribution in [-0.4, -0.2) is 9.55 Å². The minimum absolute atomic E-state index is 0.203. The van der Waals surface area contributed by atoms with E-state index in [4.69, 9.17) is 11.8 Å². The molecule has 0 N–H and O–H groups in total. The predicted octanol–water partition coefficient (Wildman–Crippen LogP) is 9.81. The molecule has 0 amide bonds. The van der Waals surface area contributed by atoms with E-state index in [2.05, 4.69) is 100 Å². The third-order valence-electron chi connectivity index (χ3n) is 7.42. The van der Waals surface area contributed by atoms with Gasteiger partial charge in [0.1, 0.15) is 5.82 Å². The fraction of sp³-hybridized carbons (Fsp3) is 0. The SMILES string of the molecule is [2H]c1c([2H])c([2H])c(-c2ccc(-c3ccc(-c4nc5cccc6c5n4-c4ccccc4N6c4ccccc4)cc3)cc2)c([2H])c1[2H]. The minimum atomic E-state index is -0.391. The van der Waals surface area contributed by atoms with Crippen LogP contribution in [0.4, 0.5) is 17.1 Å². The summed E-state index contributed by atoms with van der Waals surface area (Å²) < 4.78 is 42.7. The monoisotopic (exact) mass is 516 g/mol. The lowest BCUT2D eigenvalue weighted by molar-refractivity contribution is 1.06. The van der Waals surface area contributed by atoms with Crippen molar-refractivity contribution in [2.24, 2.45) is 0 Å². The summed E-state index contributed by atoms with van der Waals surface area (Å²) in [5.74, 6) is 0.862. The summed E-state index contributed by atoms with van der Waals surface area (Å²) in [6.07, 6.45) is 0. The summed E-state index contributed by atoms with van der Waals surface area (Å²) in [5.41, 5.74) is 10.0. The highest BCUT2D eigenvalue weighted by Gasteiger charge is 2.28. The molecule has 8 rings (SSSR count). The van der Waals surface area contributed by atoms with Crippen LogP contribution in [-0.2, 0) is 0 Å². The van der Waals surface area contributed by atoms with E-state index < -0.39 is 6.04 Å². The zero-order valence-electron chi connectivity index (χ0n) is 26.4. The number of fused-ring (bicyclic) bond motifs is 2. The maximum absolute atomic E-state index is 8.30. The molecule has 0 unspecified atom stereocenters. The van der Waals surface area contributed by atoms with E-state index in [1.165, 1.54) is 0 Å². The van der Waals surface area contributed by atoms with E-state index >= 15 is 0 Å². The molecule has 2 heterocycles. The third kappa shape index (κ3) is 3.56. The van der Waals surface area contributed by atoms with Crippen molar-refractivity contribution in [2.45, 2.75) is 0 Å². The van der Waals surface area contributed by atoms with E-state index in [9.17, 15) is 0 Å². The minimum Gasteiger partial charge on any atom is -0.306 e. The molecule has 0 saturated heterocycles. The van der Waals surface area contributed by atoms with Gasteiger partial charge in [0.15, 0.2) is 0 Å². The number of imidazole rings is 1. The number of para-hydroxylation sites is 4. The standard InChI is InChI=1S/C37H25N3/c1-3-10-26(11-4-1)27-18-20-28(21-19-27)29-22-24-30(25-23-29)37-38-32-14-9-17-35-36(32)40(37)34-16-8-7-15-33(34)39(35)31-12-5-2-6-13-31/h1-25H/i1D,3D,4D,10D,11D. The van der Waals surface area contributed by atoms with Gasteiger partial charge in [-0.2, -0.15) is 0 Å². The van der Waals surface area contributed by atoms with Gasteiger partial charge in [-0.05, 0) is 58.7 Å². The number of nitrogens with zero attached hydrogens (tertiary/aromatic N) is 3. The van der Waals surface area contributed by atoms with Crippen molar-refractivity contribution in [3.63, 3.8) is 0 Å². The first-order valence-corrected chi connectivity index (χ1v) is 13.2. The zero-order valence-corrected chi connectivity index (χ0v) is 21.4. The molecule has 7 aromatic rings. The molecule has 1 aromatic heterocycles. The number of anilines is 3. The molecule has 40 heavy (non-hydrogen) atoms. The van der Waals surface area contributed by atoms with Crippen LogP contribution in [0.5, 0.6) is 0 Å². The topological polar surface area (TPSA) is 21.1 Å². The molecule has 0 aliphatic carbocycles. The first-order valence-electron chi connectivity index (χ1n) is 15.7. The maximum Gasteiger partial charge on any atom is 0.145 e. The van der Waals surface area contributed by atoms with Gasteiger partial charge in [-0.1, -0.05) is 115 Å². The number of hydrogen-bond donors (Lipinski definition) is 0. The Balaban J connectivity index is 1.19. The molecule has 1 aliphatic heterocycles. The van der Waals surface area contributed by atoms with Crippen molar-refractivity contribution in [3.05, 3.63) is 152 Å². The average Bonchev–Trinajstić information content (AvgIpc) is 3.48. The molecule has 1 aliphatic rings. The molecule has 188 valence electrons. The van der Waals surface area contributed by atoms with Crippen LogP contribution in [0.25, 0.3) is 50.4 Å². The highest BCUT2D eigenvalue weighted by Crippen LogP contribution is 2.48. The molecule has 3 heteroatoms. The van der Waals surface area contributed by atoms with Gasteiger partial charge in [0.05, 0.1) is 34.9 Å². The van der Waals surface area contributed by atoms with Crippen molar-refractivity contribution < 1.29 is 6.85 Å². The van der Waals surface area contributed by atoms with Gasteiger partial charge in [0.2, 0.25) is 0 Å². The van der Waals surface area contributed by atoms with Crippen LogP contribution in [0.15, 0.2) is 152 Å². The van der Waals surface area contributed by atoms with E-state index in [1.54, 1.807) is 12.1 Å². The summed E-state index contributed by atoms with van der Waals surface area (Å²) in [6, 6.07) is 39.3. The van der Waals surface area contributed by atoms with Gasteiger partial charge in [0.25, 0.3) is 0 Å². The second-order valence-electron chi connectivity index (χ2n) is 9.73. The van der Waals surface area contributed by atoms with Gasteiger partial charge in [0, 0.05) is 11.3 Å². The Bertz CT molecular complexity index is 2230. The Hall–Kier alpha value is -5.41. The Morgan fingerprint density at radius 1 is 0.475 bits per heavy atom. The van der Waals surface area contributed by atoms with E-state index in [-0.39, 0.29) is 29.7 Å². The van der Waals surface area contributed by atoms with Gasteiger partial charge in [-0.15, -0.1) is 0 Å². The molecule has 0 atom stereocenters. The average molecular weight is 517 g/mol. The fourth-order valence-corrected chi connectivity index (χ4v) is 5.58. The number of aromatic nitrogens is 2. The molecular formula is C37H25N3. The molecule has 0 spiro atoms. The normalized spacial score (nSPS) is 13.7. The van der Waals surface area contributed by atoms with Crippen molar-refractivity contribution in [1.29, 1.82) is 0 Å². The number of hydrogen-bond acceptors (Lipinski definition) is 2. The van der Waals surface area contributed by atoms with E-state index in [0.29, 0.717) is 5.56 Å². The van der Waals surface area contributed by atoms with E-state index in [0.717, 1.165) is 56.3 Å². The molecule has 6 aromatic carbocycles. The number of rotatable bonds is 4. The second-order valence-corrected chi connectivity index (χ2v) is 9.73. The molecule has 3 nitrogen and oxygen atoms in total. The van der Waals surface area contributed by atoms with Crippen molar-refractivity contribution in [1.82, 2.24) is 9.55 Å². The first kappa shape index (κ1) is 18.0. The van der Waals surface area contributed by atoms with Gasteiger partial charge in [-0.3, -0.25) is 4.57 Å². The summed E-state index contributed by atoms with van der Waals surface area (Å²) in [5, 5.41) is 0. The molecule has 0 radical (unpaired) electrons. The van der Waals surface area contributed by atoms with Gasteiger partial charge < -0.3 is 4.90 Å². The quantitative estimate of drug-likeness (QED) is 0.232. The molecular weight excluding hydrogens is 486 g/mol. The fourth-order valence-electron chi connectivity index (χ4n) is 5.58. The molecule has 0 bridgehead atoms. The van der Waals surface area contributed by atoms with Crippen molar-refractivity contribution in [2.75, 3.05) is 4.90 Å². The zero-order chi connectivity index (χ0) is 30.8. The Morgan fingerprint density at radius 3 is 1.75 bits per heavy atom. The largest absolute Gasteiger partial charge is 0.306 e. The lowest BCUT2D eigenvalue weighted by atomic mass is 9.99. The van der Waals surface area contributed by atoms with E-state index in [1.807, 2.05) is 18.2 Å². The number of benzene rings is 6. The molecule has 0 saturated carbocycles. The molecule has 0 fully saturated rings. The highest BCUT2D eigenvalue weighted by molar-refractivity contribution is 6.03. The predicted molar refractivity (Wildman–Crippen MR) is 166 cm³/mol. The van der Waals surface area contributed by atoms with Gasteiger partial charge in [-0.25, -0.2) is 4.98 Å². The van der Waals surface area contributed by atoms with Gasteiger partial charge >= 0.3 is 0 Å². The second kappa shape index (κ2) is 9.11. The third-order valence-corrected chi connectivity index (χ3v) is 7.42. The smallest absolute Gasteiger partial charge is 0.145 e. The van der Waals surface area contributed by atoms with Crippen molar-refractivity contribution in [3.8, 4) is 39.3 Å². The summed E-state index contributed by atoms with van der Waals surface area (Å²) in [6.45, 7) is 0. The maximum atomic E-state index is 8.30. The summed E-state index contributed by atoms with van der Waals surface area (Å²) in [7, 11) is 0. The van der Waals surface area contributed by atoms with Crippen LogP contribution in [0.1, 0.15) is 6.85 Å². The van der Waals surface area contributed by atoms with Crippen LogP contribution in [0.2, 0.25) is 0 Å². The van der Waals surface area contributed by atoms with Crippen LogP contribution in [0, 0.1) is 0 Å². The Morgan fingerprint density at radius 2 is 1.05 bits per heavy atom. The lowest BCUT2D eigenvalue weighted by Crippen LogP contribution is -2.18. The Labute approximate surface area is 240 Å². The van der Waals surface area contributed by atoms with Crippen LogP contribution >= 0.6 is 0 Å². The van der Waals surface area contributed by atoms with Crippen LogP contribution < -0.4 is 4.90 Å². The Kier molecular flexibility index (Phi) is 4.09. The first-order chi connectivity index (χ1) is 21.9. The van der Waals surface area contributed by atoms with Crippen LogP contribution in [0.3, 0.4) is 0 Å². The lowest BCUT2D eigenvalue weighted by Gasteiger charge is -2.32. The van der Waals surface area contributed by atoms with Crippen molar-refractivity contribution >= 4 is 28.1 Å². The highest BCUT2D eigenvalue weighted by atomic mass is 15.2.